The normalized spacial score (nSPS) is 10.9. The first-order valence-corrected chi connectivity index (χ1v) is 6.22. The first kappa shape index (κ1) is 15.9. The van der Waals surface area contributed by atoms with Crippen LogP contribution < -0.4 is 14.2 Å². The fourth-order valence-electron chi connectivity index (χ4n) is 1.75. The molecule has 0 aromatic heterocycles. The average Bonchev–Trinajstić information content (AvgIpc) is 2.45. The highest BCUT2D eigenvalue weighted by molar-refractivity contribution is 5.91. The first-order chi connectivity index (χ1) is 9.57. The number of allylic oxidation sites excluding steroid dienone is 1. The molecule has 0 amide bonds. The van der Waals surface area contributed by atoms with Crippen molar-refractivity contribution in [3.8, 4) is 17.2 Å². The number of hydrogen-bond donors (Lipinski definition) is 0. The molecule has 0 bridgehead atoms. The van der Waals surface area contributed by atoms with Crippen molar-refractivity contribution in [2.75, 3.05) is 27.9 Å². The number of methoxy groups -OCH3 is 3. The smallest absolute Gasteiger partial charge is 0.331 e. The van der Waals surface area contributed by atoms with E-state index >= 15 is 0 Å². The number of carbonyl (C=O) groups excluding carboxylic acids is 1. The molecule has 0 aliphatic carbocycles. The van der Waals surface area contributed by atoms with Crippen LogP contribution in [0.3, 0.4) is 0 Å². The number of rotatable bonds is 6. The Morgan fingerprint density at radius 2 is 1.65 bits per heavy atom. The van der Waals surface area contributed by atoms with Gasteiger partial charge in [-0.1, -0.05) is 0 Å². The summed E-state index contributed by atoms with van der Waals surface area (Å²) in [6.07, 6.45) is 1.43. The van der Waals surface area contributed by atoms with Crippen LogP contribution in [0.1, 0.15) is 19.4 Å². The zero-order valence-electron chi connectivity index (χ0n) is 12.5. The third kappa shape index (κ3) is 3.66. The van der Waals surface area contributed by atoms with E-state index in [1.807, 2.05) is 6.92 Å². The Kier molecular flexibility index (Phi) is 5.90. The van der Waals surface area contributed by atoms with Gasteiger partial charge in [0.05, 0.1) is 27.9 Å². The van der Waals surface area contributed by atoms with Gasteiger partial charge in [-0.15, -0.1) is 0 Å². The maximum Gasteiger partial charge on any atom is 0.331 e. The molecule has 5 nitrogen and oxygen atoms in total. The number of esters is 1. The summed E-state index contributed by atoms with van der Waals surface area (Å²) >= 11 is 0. The van der Waals surface area contributed by atoms with E-state index in [1.54, 1.807) is 40.4 Å². The highest BCUT2D eigenvalue weighted by Crippen LogP contribution is 2.39. The van der Waals surface area contributed by atoms with Crippen LogP contribution in [0.5, 0.6) is 17.2 Å². The molecule has 5 heteroatoms. The summed E-state index contributed by atoms with van der Waals surface area (Å²) in [5, 5.41) is 0. The molecule has 0 radical (unpaired) electrons. The van der Waals surface area contributed by atoms with Crippen molar-refractivity contribution in [3.05, 3.63) is 23.8 Å². The van der Waals surface area contributed by atoms with Crippen molar-refractivity contribution < 1.29 is 23.7 Å². The Morgan fingerprint density at radius 3 is 2.05 bits per heavy atom. The molecular weight excluding hydrogens is 260 g/mol. The molecule has 1 rings (SSSR count). The van der Waals surface area contributed by atoms with Crippen LogP contribution in [-0.2, 0) is 9.53 Å². The van der Waals surface area contributed by atoms with Crippen LogP contribution in [0.4, 0.5) is 0 Å². The SMILES string of the molecule is CCOC(=O)C=C(C)c1cc(OC)c(OC)c(OC)c1. The zero-order valence-corrected chi connectivity index (χ0v) is 12.5. The highest BCUT2D eigenvalue weighted by atomic mass is 16.5. The summed E-state index contributed by atoms with van der Waals surface area (Å²) in [6.45, 7) is 3.93. The Hall–Kier alpha value is -2.17. The van der Waals surface area contributed by atoms with E-state index in [2.05, 4.69) is 0 Å². The molecule has 110 valence electrons. The molecule has 0 saturated heterocycles. The van der Waals surface area contributed by atoms with Crippen LogP contribution >= 0.6 is 0 Å². The van der Waals surface area contributed by atoms with E-state index in [4.69, 9.17) is 18.9 Å². The van der Waals surface area contributed by atoms with Crippen LogP contribution in [-0.4, -0.2) is 33.9 Å². The van der Waals surface area contributed by atoms with Gasteiger partial charge in [0.25, 0.3) is 0 Å². The summed E-state index contributed by atoms with van der Waals surface area (Å²) < 4.78 is 20.7. The first-order valence-electron chi connectivity index (χ1n) is 6.22. The fraction of sp³-hybridized carbons (Fsp3) is 0.400. The third-order valence-electron chi connectivity index (χ3n) is 2.74. The highest BCUT2D eigenvalue weighted by Gasteiger charge is 2.14. The van der Waals surface area contributed by atoms with Gasteiger partial charge in [-0.25, -0.2) is 4.79 Å². The van der Waals surface area contributed by atoms with E-state index in [1.165, 1.54) is 6.08 Å². The zero-order chi connectivity index (χ0) is 15.1. The summed E-state index contributed by atoms with van der Waals surface area (Å²) in [6, 6.07) is 3.57. The predicted molar refractivity (Wildman–Crippen MR) is 76.4 cm³/mol. The van der Waals surface area contributed by atoms with Crippen LogP contribution in [0.2, 0.25) is 0 Å². The van der Waals surface area contributed by atoms with Crippen molar-refractivity contribution in [1.82, 2.24) is 0 Å². The fourth-order valence-corrected chi connectivity index (χ4v) is 1.75. The van der Waals surface area contributed by atoms with E-state index < -0.39 is 0 Å². The van der Waals surface area contributed by atoms with Crippen LogP contribution in [0, 0.1) is 0 Å². The third-order valence-corrected chi connectivity index (χ3v) is 2.74. The lowest BCUT2D eigenvalue weighted by molar-refractivity contribution is -0.137. The summed E-state index contributed by atoms with van der Waals surface area (Å²) in [5.41, 5.74) is 1.55. The van der Waals surface area contributed by atoms with E-state index in [0.29, 0.717) is 23.9 Å². The van der Waals surface area contributed by atoms with Crippen LogP contribution in [0.15, 0.2) is 18.2 Å². The van der Waals surface area contributed by atoms with Gasteiger partial charge in [0, 0.05) is 6.08 Å². The monoisotopic (exact) mass is 280 g/mol. The van der Waals surface area contributed by atoms with Crippen molar-refractivity contribution in [1.29, 1.82) is 0 Å². The molecule has 0 aliphatic rings. The average molecular weight is 280 g/mol. The van der Waals surface area contributed by atoms with Gasteiger partial charge in [-0.3, -0.25) is 0 Å². The predicted octanol–water partition coefficient (Wildman–Crippen LogP) is 2.68. The van der Waals surface area contributed by atoms with Gasteiger partial charge in [-0.05, 0) is 37.1 Å². The standard InChI is InChI=1S/C15H20O5/c1-6-20-14(16)7-10(2)11-8-12(17-3)15(19-5)13(9-11)18-4/h7-9H,6H2,1-5H3. The lowest BCUT2D eigenvalue weighted by Gasteiger charge is -2.14. The maximum absolute atomic E-state index is 11.5. The molecule has 0 aliphatic heterocycles. The molecule has 0 unspecified atom stereocenters. The molecule has 0 spiro atoms. The Morgan fingerprint density at radius 1 is 1.10 bits per heavy atom. The molecule has 0 N–H and O–H groups in total. The van der Waals surface area contributed by atoms with Gasteiger partial charge in [0.2, 0.25) is 5.75 Å². The molecule has 1 aromatic carbocycles. The number of benzene rings is 1. The van der Waals surface area contributed by atoms with Crippen molar-refractivity contribution >= 4 is 11.5 Å². The Balaban J connectivity index is 3.22. The van der Waals surface area contributed by atoms with Gasteiger partial charge in [0.15, 0.2) is 11.5 Å². The second-order valence-electron chi connectivity index (χ2n) is 3.99. The minimum Gasteiger partial charge on any atom is -0.493 e. The molecule has 0 atom stereocenters. The van der Waals surface area contributed by atoms with Crippen molar-refractivity contribution in [2.24, 2.45) is 0 Å². The molecule has 0 saturated carbocycles. The number of ether oxygens (including phenoxy) is 4. The molecule has 0 fully saturated rings. The Labute approximate surface area is 119 Å². The Bertz CT molecular complexity index is 480. The minimum absolute atomic E-state index is 0.345. The summed E-state index contributed by atoms with van der Waals surface area (Å²) in [5.74, 6) is 1.22. The molecule has 0 heterocycles. The van der Waals surface area contributed by atoms with E-state index in [9.17, 15) is 4.79 Å². The number of hydrogen-bond acceptors (Lipinski definition) is 5. The maximum atomic E-state index is 11.5. The quantitative estimate of drug-likeness (QED) is 0.592. The topological polar surface area (TPSA) is 54.0 Å². The van der Waals surface area contributed by atoms with Gasteiger partial charge in [-0.2, -0.15) is 0 Å². The molecule has 1 aromatic rings. The van der Waals surface area contributed by atoms with Crippen molar-refractivity contribution in [3.63, 3.8) is 0 Å². The summed E-state index contributed by atoms with van der Waals surface area (Å²) in [4.78, 5) is 11.5. The van der Waals surface area contributed by atoms with E-state index in [0.717, 1.165) is 11.1 Å². The van der Waals surface area contributed by atoms with E-state index in [-0.39, 0.29) is 5.97 Å². The van der Waals surface area contributed by atoms with Gasteiger partial charge < -0.3 is 18.9 Å². The molecular formula is C15H20O5. The number of carbonyl (C=O) groups is 1. The second kappa shape index (κ2) is 7.43. The van der Waals surface area contributed by atoms with Gasteiger partial charge in [0.1, 0.15) is 0 Å². The largest absolute Gasteiger partial charge is 0.493 e. The second-order valence-corrected chi connectivity index (χ2v) is 3.99. The lowest BCUT2D eigenvalue weighted by atomic mass is 10.1. The van der Waals surface area contributed by atoms with Crippen molar-refractivity contribution in [2.45, 2.75) is 13.8 Å². The minimum atomic E-state index is -0.376. The lowest BCUT2D eigenvalue weighted by Crippen LogP contribution is -2.01. The van der Waals surface area contributed by atoms with Gasteiger partial charge >= 0.3 is 5.97 Å². The molecule has 20 heavy (non-hydrogen) atoms. The van der Waals surface area contributed by atoms with Crippen LogP contribution in [0.25, 0.3) is 5.57 Å². The summed E-state index contributed by atoms with van der Waals surface area (Å²) in [7, 11) is 4.64.